The molecule has 0 bridgehead atoms. The van der Waals surface area contributed by atoms with E-state index in [1.807, 2.05) is 31.2 Å². The number of methoxy groups -OCH3 is 1. The highest BCUT2D eigenvalue weighted by atomic mass is 32.2. The highest BCUT2D eigenvalue weighted by Gasteiger charge is 2.27. The molecule has 0 saturated carbocycles. The molecule has 156 valence electrons. The molecule has 0 radical (unpaired) electrons. The van der Waals surface area contributed by atoms with Crippen LogP contribution in [-0.2, 0) is 16.6 Å². The summed E-state index contributed by atoms with van der Waals surface area (Å²) in [5.74, 6) is 1.65. The topological polar surface area (TPSA) is 65.1 Å². The summed E-state index contributed by atoms with van der Waals surface area (Å²) in [4.78, 5) is 0.148. The molecule has 1 heterocycles. The van der Waals surface area contributed by atoms with Crippen molar-refractivity contribution in [1.29, 1.82) is 0 Å². The maximum Gasteiger partial charge on any atom is 0.264 e. The Morgan fingerprint density at radius 3 is 2.23 bits per heavy atom. The minimum absolute atomic E-state index is 0.148. The van der Waals surface area contributed by atoms with Gasteiger partial charge in [-0.05, 0) is 48.9 Å². The van der Waals surface area contributed by atoms with Crippen molar-refractivity contribution in [3.05, 3.63) is 77.9 Å². The fourth-order valence-electron chi connectivity index (χ4n) is 3.23. The molecule has 0 aromatic heterocycles. The van der Waals surface area contributed by atoms with Crippen molar-refractivity contribution in [3.63, 3.8) is 0 Å². The first kappa shape index (κ1) is 20.1. The standard InChI is InChI=1S/C23H23NO5S/c1-17-3-5-18(6-4-17)16-24(19-7-9-20(27-2)10-8-19)30(25,26)21-11-12-22-23(15-21)29-14-13-28-22/h3-12,15H,13-14,16H2,1-2H3. The average molecular weight is 426 g/mol. The highest BCUT2D eigenvalue weighted by Crippen LogP contribution is 2.35. The first-order chi connectivity index (χ1) is 14.5. The van der Waals surface area contributed by atoms with Crippen molar-refractivity contribution in [1.82, 2.24) is 0 Å². The van der Waals surface area contributed by atoms with Gasteiger partial charge < -0.3 is 14.2 Å². The largest absolute Gasteiger partial charge is 0.497 e. The Kier molecular flexibility index (Phi) is 5.55. The van der Waals surface area contributed by atoms with Crippen LogP contribution in [0.15, 0.2) is 71.6 Å². The first-order valence-corrected chi connectivity index (χ1v) is 11.0. The van der Waals surface area contributed by atoms with Crippen LogP contribution in [0.4, 0.5) is 5.69 Å². The van der Waals surface area contributed by atoms with Crippen molar-refractivity contribution in [2.24, 2.45) is 0 Å². The quantitative estimate of drug-likeness (QED) is 0.593. The lowest BCUT2D eigenvalue weighted by atomic mass is 10.1. The summed E-state index contributed by atoms with van der Waals surface area (Å²) in [6.45, 7) is 3.03. The molecule has 6 nitrogen and oxygen atoms in total. The molecule has 0 N–H and O–H groups in total. The van der Waals surface area contributed by atoms with E-state index in [-0.39, 0.29) is 11.4 Å². The molecule has 0 amide bonds. The zero-order valence-corrected chi connectivity index (χ0v) is 17.7. The third-order valence-corrected chi connectivity index (χ3v) is 6.68. The minimum Gasteiger partial charge on any atom is -0.497 e. The van der Waals surface area contributed by atoms with Gasteiger partial charge in [0.1, 0.15) is 19.0 Å². The van der Waals surface area contributed by atoms with E-state index in [2.05, 4.69) is 0 Å². The molecule has 30 heavy (non-hydrogen) atoms. The minimum atomic E-state index is -3.86. The molecular formula is C23H23NO5S. The van der Waals surface area contributed by atoms with Crippen LogP contribution in [0.5, 0.6) is 17.2 Å². The van der Waals surface area contributed by atoms with Crippen LogP contribution < -0.4 is 18.5 Å². The predicted molar refractivity (Wildman–Crippen MR) is 115 cm³/mol. The van der Waals surface area contributed by atoms with Crippen LogP contribution in [0.1, 0.15) is 11.1 Å². The molecule has 0 fully saturated rings. The van der Waals surface area contributed by atoms with Gasteiger partial charge in [-0.1, -0.05) is 29.8 Å². The van der Waals surface area contributed by atoms with Crippen LogP contribution in [-0.4, -0.2) is 28.7 Å². The number of rotatable bonds is 6. The van der Waals surface area contributed by atoms with E-state index in [1.54, 1.807) is 43.5 Å². The van der Waals surface area contributed by atoms with Crippen molar-refractivity contribution in [3.8, 4) is 17.2 Å². The Hall–Kier alpha value is -3.19. The van der Waals surface area contributed by atoms with Gasteiger partial charge in [-0.15, -0.1) is 0 Å². The molecule has 0 aliphatic carbocycles. The number of nitrogens with zero attached hydrogens (tertiary/aromatic N) is 1. The van der Waals surface area contributed by atoms with Crippen molar-refractivity contribution in [2.75, 3.05) is 24.6 Å². The lowest BCUT2D eigenvalue weighted by Crippen LogP contribution is -2.30. The molecule has 7 heteroatoms. The van der Waals surface area contributed by atoms with E-state index < -0.39 is 10.0 Å². The fourth-order valence-corrected chi connectivity index (χ4v) is 4.70. The van der Waals surface area contributed by atoms with E-state index in [0.29, 0.717) is 36.1 Å². The van der Waals surface area contributed by atoms with Gasteiger partial charge in [0.25, 0.3) is 10.0 Å². The number of hydrogen-bond acceptors (Lipinski definition) is 5. The fraction of sp³-hybridized carbons (Fsp3) is 0.217. The van der Waals surface area contributed by atoms with Gasteiger partial charge in [0.15, 0.2) is 11.5 Å². The Labute approximate surface area is 176 Å². The molecule has 1 aliphatic heterocycles. The van der Waals surface area contributed by atoms with E-state index in [1.165, 1.54) is 10.4 Å². The molecule has 3 aromatic rings. The Balaban J connectivity index is 1.75. The molecule has 0 spiro atoms. The Morgan fingerprint density at radius 1 is 0.900 bits per heavy atom. The van der Waals surface area contributed by atoms with E-state index in [4.69, 9.17) is 14.2 Å². The Morgan fingerprint density at radius 2 is 1.57 bits per heavy atom. The van der Waals surface area contributed by atoms with Crippen molar-refractivity contribution < 1.29 is 22.6 Å². The third-order valence-electron chi connectivity index (χ3n) is 4.91. The predicted octanol–water partition coefficient (Wildman–Crippen LogP) is 4.17. The second-order valence-electron chi connectivity index (χ2n) is 7.00. The van der Waals surface area contributed by atoms with Crippen LogP contribution in [0.25, 0.3) is 0 Å². The summed E-state index contributed by atoms with van der Waals surface area (Å²) >= 11 is 0. The number of fused-ring (bicyclic) bond motifs is 1. The van der Waals surface area contributed by atoms with Gasteiger partial charge in [0.05, 0.1) is 24.2 Å². The zero-order chi connectivity index (χ0) is 21.1. The average Bonchev–Trinajstić information content (AvgIpc) is 2.78. The number of ether oxygens (including phenoxy) is 3. The van der Waals surface area contributed by atoms with Gasteiger partial charge in [-0.2, -0.15) is 0 Å². The summed E-state index contributed by atoms with van der Waals surface area (Å²) in [5, 5.41) is 0. The second kappa shape index (κ2) is 8.28. The molecule has 1 aliphatic rings. The number of hydrogen-bond donors (Lipinski definition) is 0. The zero-order valence-electron chi connectivity index (χ0n) is 16.9. The highest BCUT2D eigenvalue weighted by molar-refractivity contribution is 7.92. The smallest absolute Gasteiger partial charge is 0.264 e. The summed E-state index contributed by atoms with van der Waals surface area (Å²) in [6.07, 6.45) is 0. The van der Waals surface area contributed by atoms with Gasteiger partial charge in [0.2, 0.25) is 0 Å². The number of sulfonamides is 1. The van der Waals surface area contributed by atoms with Gasteiger partial charge >= 0.3 is 0 Å². The molecule has 4 rings (SSSR count). The molecule has 0 atom stereocenters. The van der Waals surface area contributed by atoms with Crippen LogP contribution in [0.3, 0.4) is 0 Å². The van der Waals surface area contributed by atoms with Gasteiger partial charge in [-0.3, -0.25) is 4.31 Å². The van der Waals surface area contributed by atoms with Gasteiger partial charge in [-0.25, -0.2) is 8.42 Å². The maximum atomic E-state index is 13.6. The summed E-state index contributed by atoms with van der Waals surface area (Å²) in [6, 6.07) is 19.5. The normalized spacial score (nSPS) is 13.0. The number of benzene rings is 3. The molecular weight excluding hydrogens is 402 g/mol. The summed E-state index contributed by atoms with van der Waals surface area (Å²) in [7, 11) is -2.28. The monoisotopic (exact) mass is 425 g/mol. The molecule has 3 aromatic carbocycles. The number of anilines is 1. The van der Waals surface area contributed by atoms with Crippen LogP contribution in [0.2, 0.25) is 0 Å². The first-order valence-electron chi connectivity index (χ1n) is 9.59. The SMILES string of the molecule is COc1ccc(N(Cc2ccc(C)cc2)S(=O)(=O)c2ccc3c(c2)OCCO3)cc1. The molecule has 0 unspecified atom stereocenters. The second-order valence-corrected chi connectivity index (χ2v) is 8.86. The van der Waals surface area contributed by atoms with Crippen LogP contribution in [0, 0.1) is 6.92 Å². The van der Waals surface area contributed by atoms with Crippen molar-refractivity contribution in [2.45, 2.75) is 18.4 Å². The van der Waals surface area contributed by atoms with Crippen LogP contribution >= 0.6 is 0 Å². The van der Waals surface area contributed by atoms with Crippen molar-refractivity contribution >= 4 is 15.7 Å². The van der Waals surface area contributed by atoms with E-state index >= 15 is 0 Å². The van der Waals surface area contributed by atoms with Gasteiger partial charge in [0, 0.05) is 6.07 Å². The van der Waals surface area contributed by atoms with E-state index in [0.717, 1.165) is 11.1 Å². The maximum absolute atomic E-state index is 13.6. The third kappa shape index (κ3) is 4.07. The summed E-state index contributed by atoms with van der Waals surface area (Å²) < 4.78 is 45.0. The number of aryl methyl sites for hydroxylation is 1. The summed E-state index contributed by atoms with van der Waals surface area (Å²) in [5.41, 5.74) is 2.55. The van der Waals surface area contributed by atoms with E-state index in [9.17, 15) is 8.42 Å². The lowest BCUT2D eigenvalue weighted by Gasteiger charge is -2.26. The Bertz CT molecular complexity index is 1130. The lowest BCUT2D eigenvalue weighted by molar-refractivity contribution is 0.171. The molecule has 0 saturated heterocycles.